The van der Waals surface area contributed by atoms with Crippen LogP contribution in [0.4, 0.5) is 0 Å². The molecule has 2 N–H and O–H groups in total. The molecule has 0 aliphatic heterocycles. The van der Waals surface area contributed by atoms with Crippen LogP contribution in [0.15, 0.2) is 29.2 Å². The standard InChI is InChI=1S/C8H8Cl3NS/c9-8(10,11)13-7-4-2-1-3-6(7)5-12/h1-4H,5,12H2. The fourth-order valence-corrected chi connectivity index (χ4v) is 2.32. The van der Waals surface area contributed by atoms with Crippen molar-refractivity contribution < 1.29 is 0 Å². The van der Waals surface area contributed by atoms with Gasteiger partial charge in [0.25, 0.3) is 0 Å². The van der Waals surface area contributed by atoms with E-state index in [9.17, 15) is 0 Å². The lowest BCUT2D eigenvalue weighted by molar-refractivity contribution is 1.03. The van der Waals surface area contributed by atoms with E-state index in [1.165, 1.54) is 11.8 Å². The van der Waals surface area contributed by atoms with Crippen LogP contribution in [0.1, 0.15) is 5.56 Å². The molecular formula is C8H8Cl3NS. The van der Waals surface area contributed by atoms with Crippen LogP contribution in [0.5, 0.6) is 0 Å². The number of rotatable bonds is 2. The average molecular weight is 257 g/mol. The Balaban J connectivity index is 2.87. The zero-order valence-electron chi connectivity index (χ0n) is 6.64. The first-order valence-electron chi connectivity index (χ1n) is 3.56. The second-order valence-electron chi connectivity index (χ2n) is 2.36. The summed E-state index contributed by atoms with van der Waals surface area (Å²) < 4.78 is -1.33. The van der Waals surface area contributed by atoms with Gasteiger partial charge in [-0.25, -0.2) is 0 Å². The van der Waals surface area contributed by atoms with Crippen LogP contribution in [0.2, 0.25) is 0 Å². The Hall–Kier alpha value is 0.400. The molecule has 5 heteroatoms. The SMILES string of the molecule is NCc1ccccc1SC(Cl)(Cl)Cl. The first-order chi connectivity index (χ1) is 6.03. The Morgan fingerprint density at radius 3 is 2.38 bits per heavy atom. The minimum Gasteiger partial charge on any atom is -0.326 e. The predicted octanol–water partition coefficient (Wildman–Crippen LogP) is 3.57. The molecule has 0 spiro atoms. The van der Waals surface area contributed by atoms with Gasteiger partial charge in [-0.15, -0.1) is 0 Å². The summed E-state index contributed by atoms with van der Waals surface area (Å²) in [6.45, 7) is 0.448. The van der Waals surface area contributed by atoms with E-state index in [0.717, 1.165) is 10.5 Å². The van der Waals surface area contributed by atoms with E-state index in [4.69, 9.17) is 40.5 Å². The first kappa shape index (κ1) is 11.5. The molecule has 1 aromatic carbocycles. The lowest BCUT2D eigenvalue weighted by Crippen LogP contribution is -2.01. The topological polar surface area (TPSA) is 26.0 Å². The molecule has 0 unspecified atom stereocenters. The molecule has 0 aromatic heterocycles. The van der Waals surface area contributed by atoms with Crippen molar-refractivity contribution >= 4 is 46.6 Å². The van der Waals surface area contributed by atoms with E-state index in [1.54, 1.807) is 0 Å². The van der Waals surface area contributed by atoms with Crippen LogP contribution in [0.3, 0.4) is 0 Å². The van der Waals surface area contributed by atoms with E-state index < -0.39 is 3.12 Å². The molecule has 13 heavy (non-hydrogen) atoms. The lowest BCUT2D eigenvalue weighted by atomic mass is 10.2. The molecule has 72 valence electrons. The largest absolute Gasteiger partial charge is 0.326 e. The summed E-state index contributed by atoms with van der Waals surface area (Å²) in [6.07, 6.45) is 0. The smallest absolute Gasteiger partial charge is 0.241 e. The van der Waals surface area contributed by atoms with Gasteiger partial charge in [-0.3, -0.25) is 0 Å². The molecule has 0 radical (unpaired) electrons. The van der Waals surface area contributed by atoms with Crippen LogP contribution < -0.4 is 5.73 Å². The quantitative estimate of drug-likeness (QED) is 0.647. The van der Waals surface area contributed by atoms with Gasteiger partial charge in [-0.05, 0) is 11.6 Å². The Labute approximate surface area is 96.5 Å². The van der Waals surface area contributed by atoms with Crippen molar-refractivity contribution in [2.24, 2.45) is 5.73 Å². The molecule has 0 aliphatic rings. The number of hydrogen-bond donors (Lipinski definition) is 1. The lowest BCUT2D eigenvalue weighted by Gasteiger charge is -2.12. The van der Waals surface area contributed by atoms with E-state index in [0.29, 0.717) is 6.54 Å². The van der Waals surface area contributed by atoms with Gasteiger partial charge in [-0.1, -0.05) is 64.8 Å². The summed E-state index contributed by atoms with van der Waals surface area (Å²) >= 11 is 18.1. The van der Waals surface area contributed by atoms with Crippen molar-refractivity contribution in [2.45, 2.75) is 14.6 Å². The molecule has 0 saturated carbocycles. The van der Waals surface area contributed by atoms with Crippen molar-refractivity contribution in [2.75, 3.05) is 0 Å². The van der Waals surface area contributed by atoms with Crippen LogP contribution in [-0.4, -0.2) is 3.12 Å². The number of halogens is 3. The minimum absolute atomic E-state index is 0.448. The molecule has 0 saturated heterocycles. The van der Waals surface area contributed by atoms with Crippen molar-refractivity contribution in [3.63, 3.8) is 0 Å². The third-order valence-electron chi connectivity index (χ3n) is 1.42. The summed E-state index contributed by atoms with van der Waals surface area (Å²) in [5, 5.41) is 0. The maximum Gasteiger partial charge on any atom is 0.241 e. The molecule has 1 rings (SSSR count). The Kier molecular flexibility index (Phi) is 4.20. The fourth-order valence-electron chi connectivity index (χ4n) is 0.897. The monoisotopic (exact) mass is 255 g/mol. The van der Waals surface area contributed by atoms with Gasteiger partial charge in [0.05, 0.1) is 0 Å². The number of benzene rings is 1. The van der Waals surface area contributed by atoms with Crippen molar-refractivity contribution in [1.82, 2.24) is 0 Å². The zero-order chi connectivity index (χ0) is 9.90. The zero-order valence-corrected chi connectivity index (χ0v) is 9.72. The van der Waals surface area contributed by atoms with Gasteiger partial charge in [-0.2, -0.15) is 0 Å². The number of alkyl halides is 3. The fraction of sp³-hybridized carbons (Fsp3) is 0.250. The molecule has 0 fully saturated rings. The highest BCUT2D eigenvalue weighted by Gasteiger charge is 2.22. The summed E-state index contributed by atoms with van der Waals surface area (Å²) in [6, 6.07) is 7.59. The molecule has 0 bridgehead atoms. The molecular weight excluding hydrogens is 249 g/mol. The Morgan fingerprint density at radius 1 is 1.23 bits per heavy atom. The van der Waals surface area contributed by atoms with Gasteiger partial charge in [0, 0.05) is 11.4 Å². The Bertz CT molecular complexity index is 285. The molecule has 1 aromatic rings. The summed E-state index contributed by atoms with van der Waals surface area (Å²) in [5.41, 5.74) is 6.51. The summed E-state index contributed by atoms with van der Waals surface area (Å²) in [4.78, 5) is 0.907. The van der Waals surface area contributed by atoms with Crippen LogP contribution in [-0.2, 0) is 6.54 Å². The van der Waals surface area contributed by atoms with Gasteiger partial charge < -0.3 is 5.73 Å². The number of nitrogens with two attached hydrogens (primary N) is 1. The summed E-state index contributed by atoms with van der Waals surface area (Å²) in [5.74, 6) is 0. The van der Waals surface area contributed by atoms with E-state index in [2.05, 4.69) is 0 Å². The number of hydrogen-bond acceptors (Lipinski definition) is 2. The first-order valence-corrected chi connectivity index (χ1v) is 5.51. The van der Waals surface area contributed by atoms with E-state index in [-0.39, 0.29) is 0 Å². The highest BCUT2D eigenvalue weighted by atomic mass is 35.6. The van der Waals surface area contributed by atoms with Crippen molar-refractivity contribution in [1.29, 1.82) is 0 Å². The normalized spacial score (nSPS) is 11.7. The Morgan fingerprint density at radius 2 is 1.85 bits per heavy atom. The minimum atomic E-state index is -1.33. The third-order valence-corrected chi connectivity index (χ3v) is 2.96. The predicted molar refractivity (Wildman–Crippen MR) is 60.5 cm³/mol. The van der Waals surface area contributed by atoms with E-state index >= 15 is 0 Å². The molecule has 1 nitrogen and oxygen atoms in total. The third kappa shape index (κ3) is 3.96. The molecule has 0 heterocycles. The van der Waals surface area contributed by atoms with E-state index in [1.807, 2.05) is 24.3 Å². The van der Waals surface area contributed by atoms with Gasteiger partial charge >= 0.3 is 0 Å². The maximum absolute atomic E-state index is 5.65. The van der Waals surface area contributed by atoms with Gasteiger partial charge in [0.15, 0.2) is 0 Å². The molecule has 0 aliphatic carbocycles. The molecule has 0 amide bonds. The van der Waals surface area contributed by atoms with Gasteiger partial charge in [0.2, 0.25) is 3.12 Å². The van der Waals surface area contributed by atoms with Crippen LogP contribution in [0, 0.1) is 0 Å². The highest BCUT2D eigenvalue weighted by Crippen LogP contribution is 2.44. The summed E-state index contributed by atoms with van der Waals surface area (Å²) in [7, 11) is 0. The van der Waals surface area contributed by atoms with Gasteiger partial charge in [0.1, 0.15) is 0 Å². The average Bonchev–Trinajstić information content (AvgIpc) is 2.02. The van der Waals surface area contributed by atoms with Crippen LogP contribution in [0.25, 0.3) is 0 Å². The highest BCUT2D eigenvalue weighted by molar-refractivity contribution is 8.04. The van der Waals surface area contributed by atoms with Crippen molar-refractivity contribution in [3.05, 3.63) is 29.8 Å². The second kappa shape index (κ2) is 4.76. The van der Waals surface area contributed by atoms with Crippen molar-refractivity contribution in [3.8, 4) is 0 Å². The number of thioether (sulfide) groups is 1. The molecule has 0 atom stereocenters. The maximum atomic E-state index is 5.65. The second-order valence-corrected chi connectivity index (χ2v) is 6.57. The van der Waals surface area contributed by atoms with Crippen LogP contribution >= 0.6 is 46.6 Å².